The van der Waals surface area contributed by atoms with Gasteiger partial charge in [-0.05, 0) is 26.1 Å². The maximum absolute atomic E-state index is 5.49. The zero-order valence-electron chi connectivity index (χ0n) is 10.5. The SMILES string of the molecule is COB(OCOC(C)(C)C)C(C)(C)C. The molecule has 0 saturated carbocycles. The first-order valence-corrected chi connectivity index (χ1v) is 4.95. The van der Waals surface area contributed by atoms with E-state index in [9.17, 15) is 0 Å². The Morgan fingerprint density at radius 2 is 1.50 bits per heavy atom. The first-order valence-electron chi connectivity index (χ1n) is 4.95. The second kappa shape index (κ2) is 5.15. The van der Waals surface area contributed by atoms with E-state index in [1.54, 1.807) is 7.11 Å². The van der Waals surface area contributed by atoms with Crippen LogP contribution >= 0.6 is 0 Å². The van der Waals surface area contributed by atoms with Gasteiger partial charge in [0.2, 0.25) is 0 Å². The van der Waals surface area contributed by atoms with E-state index < -0.39 is 0 Å². The zero-order chi connectivity index (χ0) is 11.4. The Balaban J connectivity index is 3.87. The van der Waals surface area contributed by atoms with Gasteiger partial charge in [0.05, 0.1) is 5.60 Å². The largest absolute Gasteiger partial charge is 0.464 e. The van der Waals surface area contributed by atoms with Crippen LogP contribution in [-0.2, 0) is 14.0 Å². The van der Waals surface area contributed by atoms with Crippen LogP contribution in [0, 0.1) is 0 Å². The minimum absolute atomic E-state index is 0.0318. The van der Waals surface area contributed by atoms with Gasteiger partial charge in [-0.3, -0.25) is 0 Å². The van der Waals surface area contributed by atoms with E-state index in [-0.39, 0.29) is 24.8 Å². The van der Waals surface area contributed by atoms with Gasteiger partial charge >= 0.3 is 7.12 Å². The second-order valence-electron chi connectivity index (χ2n) is 5.47. The first-order chi connectivity index (χ1) is 6.17. The third kappa shape index (κ3) is 6.41. The highest BCUT2D eigenvalue weighted by atomic mass is 16.7. The van der Waals surface area contributed by atoms with Gasteiger partial charge in [0.15, 0.2) is 0 Å². The predicted molar refractivity (Wildman–Crippen MR) is 59.3 cm³/mol. The molecular formula is C10H23BO3. The molecule has 0 aromatic rings. The lowest BCUT2D eigenvalue weighted by Gasteiger charge is -2.26. The van der Waals surface area contributed by atoms with Crippen molar-refractivity contribution in [2.75, 3.05) is 13.9 Å². The summed E-state index contributed by atoms with van der Waals surface area (Å²) in [5, 5.41) is -0.0318. The Kier molecular flexibility index (Phi) is 5.13. The summed E-state index contributed by atoms with van der Waals surface area (Å²) in [7, 11) is 1.41. The molecule has 14 heavy (non-hydrogen) atoms. The average Bonchev–Trinajstić information content (AvgIpc) is 1.93. The van der Waals surface area contributed by atoms with Crippen molar-refractivity contribution >= 4 is 7.12 Å². The van der Waals surface area contributed by atoms with Crippen LogP contribution in [0.4, 0.5) is 0 Å². The molecule has 84 valence electrons. The normalized spacial score (nSPS) is 13.1. The van der Waals surface area contributed by atoms with Crippen molar-refractivity contribution in [1.82, 2.24) is 0 Å². The van der Waals surface area contributed by atoms with Crippen molar-refractivity contribution in [2.24, 2.45) is 0 Å². The van der Waals surface area contributed by atoms with E-state index in [4.69, 9.17) is 14.0 Å². The van der Waals surface area contributed by atoms with Crippen molar-refractivity contribution in [3.63, 3.8) is 0 Å². The van der Waals surface area contributed by atoms with E-state index in [0.717, 1.165) is 0 Å². The van der Waals surface area contributed by atoms with E-state index >= 15 is 0 Å². The Morgan fingerprint density at radius 1 is 1.00 bits per heavy atom. The van der Waals surface area contributed by atoms with Gasteiger partial charge in [0.1, 0.15) is 6.79 Å². The lowest BCUT2D eigenvalue weighted by molar-refractivity contribution is -0.0857. The maximum atomic E-state index is 5.49. The zero-order valence-corrected chi connectivity index (χ0v) is 10.5. The lowest BCUT2D eigenvalue weighted by Crippen LogP contribution is -2.34. The molecule has 0 aromatic heterocycles. The molecule has 0 unspecified atom stereocenters. The number of ether oxygens (including phenoxy) is 1. The van der Waals surface area contributed by atoms with Gasteiger partial charge in [0.25, 0.3) is 0 Å². The molecule has 0 saturated heterocycles. The van der Waals surface area contributed by atoms with Gasteiger partial charge in [-0.2, -0.15) is 0 Å². The fourth-order valence-electron chi connectivity index (χ4n) is 0.944. The molecule has 0 fully saturated rings. The summed E-state index contributed by atoms with van der Waals surface area (Å²) in [5.41, 5.74) is -0.170. The van der Waals surface area contributed by atoms with Crippen LogP contribution < -0.4 is 0 Å². The smallest absolute Gasteiger partial charge is 0.414 e. The standard InChI is InChI=1S/C10H23BO3/c1-9(2,3)11(12-7)14-8-13-10(4,5)6/h8H2,1-7H3. The summed E-state index contributed by atoms with van der Waals surface area (Å²) >= 11 is 0. The molecule has 0 aromatic carbocycles. The Bertz CT molecular complexity index is 158. The molecule has 0 radical (unpaired) electrons. The van der Waals surface area contributed by atoms with Crippen LogP contribution in [0.2, 0.25) is 5.31 Å². The van der Waals surface area contributed by atoms with E-state index in [0.29, 0.717) is 0 Å². The third-order valence-corrected chi connectivity index (χ3v) is 1.63. The van der Waals surface area contributed by atoms with Crippen LogP contribution in [0.25, 0.3) is 0 Å². The summed E-state index contributed by atoms with van der Waals surface area (Å²) < 4.78 is 16.2. The van der Waals surface area contributed by atoms with Crippen LogP contribution in [0.5, 0.6) is 0 Å². The summed E-state index contributed by atoms with van der Waals surface area (Å²) in [5.74, 6) is 0. The second-order valence-corrected chi connectivity index (χ2v) is 5.47. The number of rotatable bonds is 4. The quantitative estimate of drug-likeness (QED) is 0.518. The van der Waals surface area contributed by atoms with Gasteiger partial charge < -0.3 is 14.0 Å². The molecular weight excluding hydrogens is 179 g/mol. The molecule has 0 amide bonds. The molecule has 3 nitrogen and oxygen atoms in total. The Morgan fingerprint density at radius 3 is 1.79 bits per heavy atom. The molecule has 0 atom stereocenters. The molecule has 4 heteroatoms. The van der Waals surface area contributed by atoms with Crippen molar-refractivity contribution < 1.29 is 14.0 Å². The van der Waals surface area contributed by atoms with Crippen LogP contribution in [-0.4, -0.2) is 26.6 Å². The van der Waals surface area contributed by atoms with Gasteiger partial charge in [0, 0.05) is 7.11 Å². The molecule has 0 rings (SSSR count). The highest BCUT2D eigenvalue weighted by molar-refractivity contribution is 6.48. The highest BCUT2D eigenvalue weighted by Crippen LogP contribution is 2.27. The van der Waals surface area contributed by atoms with E-state index in [1.807, 2.05) is 20.8 Å². The maximum Gasteiger partial charge on any atom is 0.464 e. The fraction of sp³-hybridized carbons (Fsp3) is 1.00. The lowest BCUT2D eigenvalue weighted by atomic mass is 9.61. The van der Waals surface area contributed by atoms with Gasteiger partial charge in [-0.15, -0.1) is 0 Å². The third-order valence-electron chi connectivity index (χ3n) is 1.63. The van der Waals surface area contributed by atoms with E-state index in [2.05, 4.69) is 20.8 Å². The van der Waals surface area contributed by atoms with Crippen molar-refractivity contribution in [3.05, 3.63) is 0 Å². The van der Waals surface area contributed by atoms with Crippen LogP contribution in [0.15, 0.2) is 0 Å². The molecule has 0 aliphatic heterocycles. The average molecular weight is 202 g/mol. The summed E-state index contributed by atoms with van der Waals surface area (Å²) in [4.78, 5) is 0. The summed E-state index contributed by atoms with van der Waals surface area (Å²) in [6.45, 7) is 12.5. The summed E-state index contributed by atoms with van der Waals surface area (Å²) in [6.07, 6.45) is 0. The predicted octanol–water partition coefficient (Wildman–Crippen LogP) is 2.71. The number of hydrogen-bond acceptors (Lipinski definition) is 3. The van der Waals surface area contributed by atoms with Gasteiger partial charge in [-0.1, -0.05) is 20.8 Å². The number of hydrogen-bond donors (Lipinski definition) is 0. The van der Waals surface area contributed by atoms with Crippen molar-refractivity contribution in [1.29, 1.82) is 0 Å². The fourth-order valence-corrected chi connectivity index (χ4v) is 0.944. The minimum atomic E-state index is -0.232. The Labute approximate surface area is 88.3 Å². The Hall–Kier alpha value is -0.0551. The first kappa shape index (κ1) is 13.9. The topological polar surface area (TPSA) is 27.7 Å². The van der Waals surface area contributed by atoms with Crippen molar-refractivity contribution in [2.45, 2.75) is 52.5 Å². The highest BCUT2D eigenvalue weighted by Gasteiger charge is 2.33. The van der Waals surface area contributed by atoms with Crippen molar-refractivity contribution in [3.8, 4) is 0 Å². The monoisotopic (exact) mass is 202 g/mol. The molecule has 0 N–H and O–H groups in total. The van der Waals surface area contributed by atoms with E-state index in [1.165, 1.54) is 0 Å². The van der Waals surface area contributed by atoms with Crippen LogP contribution in [0.1, 0.15) is 41.5 Å². The minimum Gasteiger partial charge on any atom is -0.414 e. The molecule has 0 spiro atoms. The molecule has 0 aliphatic rings. The molecule has 0 heterocycles. The van der Waals surface area contributed by atoms with Crippen LogP contribution in [0.3, 0.4) is 0 Å². The molecule has 0 bridgehead atoms. The molecule has 0 aliphatic carbocycles. The van der Waals surface area contributed by atoms with Gasteiger partial charge in [-0.25, -0.2) is 0 Å². The summed E-state index contributed by atoms with van der Waals surface area (Å²) in [6, 6.07) is 0.